The van der Waals surface area contributed by atoms with Crippen LogP contribution in [0.1, 0.15) is 15.9 Å². The summed E-state index contributed by atoms with van der Waals surface area (Å²) in [5.74, 6) is 0.535. The molecule has 4 heteroatoms. The minimum atomic E-state index is -0.121. The predicted molar refractivity (Wildman–Crippen MR) is 79.6 cm³/mol. The summed E-state index contributed by atoms with van der Waals surface area (Å²) < 4.78 is 5.23. The van der Waals surface area contributed by atoms with Gasteiger partial charge < -0.3 is 15.4 Å². The van der Waals surface area contributed by atoms with E-state index in [1.807, 2.05) is 42.5 Å². The van der Waals surface area contributed by atoms with Gasteiger partial charge in [0.2, 0.25) is 0 Å². The van der Waals surface area contributed by atoms with E-state index in [-0.39, 0.29) is 5.91 Å². The van der Waals surface area contributed by atoms with Gasteiger partial charge in [-0.1, -0.05) is 12.1 Å². The fraction of sp³-hybridized carbons (Fsp3) is 0.188. The van der Waals surface area contributed by atoms with Crippen molar-refractivity contribution in [3.63, 3.8) is 0 Å². The van der Waals surface area contributed by atoms with Crippen molar-refractivity contribution in [3.8, 4) is 5.75 Å². The fourth-order valence-electron chi connectivity index (χ4n) is 2.39. The Balaban J connectivity index is 1.83. The van der Waals surface area contributed by atoms with E-state index in [0.29, 0.717) is 17.0 Å². The topological polar surface area (TPSA) is 50.4 Å². The second-order valence-corrected chi connectivity index (χ2v) is 4.70. The minimum Gasteiger partial charge on any atom is -0.495 e. The molecule has 0 atom stereocenters. The molecule has 1 aliphatic rings. The van der Waals surface area contributed by atoms with Gasteiger partial charge in [-0.05, 0) is 42.3 Å². The van der Waals surface area contributed by atoms with Gasteiger partial charge in [0.15, 0.2) is 0 Å². The van der Waals surface area contributed by atoms with Crippen molar-refractivity contribution in [2.45, 2.75) is 6.42 Å². The van der Waals surface area contributed by atoms with Crippen LogP contribution < -0.4 is 15.4 Å². The number of hydrogen-bond donors (Lipinski definition) is 2. The molecule has 0 aliphatic carbocycles. The molecule has 0 aromatic heterocycles. The van der Waals surface area contributed by atoms with E-state index >= 15 is 0 Å². The molecule has 1 heterocycles. The van der Waals surface area contributed by atoms with E-state index < -0.39 is 0 Å². The molecule has 0 fully saturated rings. The number of hydrogen-bond acceptors (Lipinski definition) is 3. The highest BCUT2D eigenvalue weighted by molar-refractivity contribution is 6.05. The quantitative estimate of drug-likeness (QED) is 0.900. The van der Waals surface area contributed by atoms with Gasteiger partial charge in [-0.25, -0.2) is 0 Å². The van der Waals surface area contributed by atoms with Crippen LogP contribution in [0.5, 0.6) is 5.75 Å². The van der Waals surface area contributed by atoms with E-state index in [4.69, 9.17) is 4.74 Å². The molecular formula is C16H16N2O2. The number of carbonyl (C=O) groups is 1. The van der Waals surface area contributed by atoms with Crippen LogP contribution >= 0.6 is 0 Å². The number of amides is 1. The van der Waals surface area contributed by atoms with Gasteiger partial charge in [-0.2, -0.15) is 0 Å². The van der Waals surface area contributed by atoms with Crippen LogP contribution in [0.15, 0.2) is 42.5 Å². The molecule has 0 unspecified atom stereocenters. The normalized spacial score (nSPS) is 12.4. The second-order valence-electron chi connectivity index (χ2n) is 4.70. The maximum Gasteiger partial charge on any atom is 0.255 e. The van der Waals surface area contributed by atoms with Crippen molar-refractivity contribution in [1.82, 2.24) is 0 Å². The molecule has 0 bridgehead atoms. The summed E-state index contributed by atoms with van der Waals surface area (Å²) in [5, 5.41) is 6.17. The van der Waals surface area contributed by atoms with Crippen molar-refractivity contribution >= 4 is 17.3 Å². The summed E-state index contributed by atoms with van der Waals surface area (Å²) in [5.41, 5.74) is 3.66. The molecule has 1 amide bonds. The zero-order valence-electron chi connectivity index (χ0n) is 11.3. The van der Waals surface area contributed by atoms with Crippen molar-refractivity contribution in [3.05, 3.63) is 53.6 Å². The first kappa shape index (κ1) is 12.5. The van der Waals surface area contributed by atoms with E-state index in [0.717, 1.165) is 18.7 Å². The Morgan fingerprint density at radius 2 is 2.10 bits per heavy atom. The summed E-state index contributed by atoms with van der Waals surface area (Å²) in [7, 11) is 1.59. The Labute approximate surface area is 117 Å². The lowest BCUT2D eigenvalue weighted by Crippen LogP contribution is -2.12. The molecule has 3 rings (SSSR count). The van der Waals surface area contributed by atoms with Gasteiger partial charge in [-0.15, -0.1) is 0 Å². The summed E-state index contributed by atoms with van der Waals surface area (Å²) in [4.78, 5) is 12.3. The standard InChI is InChI=1S/C16H16N2O2/c1-20-15-5-3-2-4-14(15)18-16(19)12-6-7-13-11(10-12)8-9-17-13/h2-7,10,17H,8-9H2,1H3,(H,18,19). The average Bonchev–Trinajstić information content (AvgIpc) is 2.95. The Hall–Kier alpha value is -2.49. The fourth-order valence-corrected chi connectivity index (χ4v) is 2.39. The summed E-state index contributed by atoms with van der Waals surface area (Å²) in [6, 6.07) is 13.1. The molecule has 4 nitrogen and oxygen atoms in total. The molecule has 1 aliphatic heterocycles. The molecule has 2 aromatic carbocycles. The van der Waals surface area contributed by atoms with E-state index in [1.165, 1.54) is 5.56 Å². The van der Waals surface area contributed by atoms with E-state index in [2.05, 4.69) is 10.6 Å². The number of para-hydroxylation sites is 2. The van der Waals surface area contributed by atoms with Crippen LogP contribution in [0.3, 0.4) is 0 Å². The maximum atomic E-state index is 12.3. The Kier molecular flexibility index (Phi) is 3.29. The highest BCUT2D eigenvalue weighted by Crippen LogP contribution is 2.26. The first-order valence-corrected chi connectivity index (χ1v) is 6.59. The third kappa shape index (κ3) is 2.32. The number of benzene rings is 2. The maximum absolute atomic E-state index is 12.3. The number of rotatable bonds is 3. The third-order valence-corrected chi connectivity index (χ3v) is 3.43. The lowest BCUT2D eigenvalue weighted by Gasteiger charge is -2.10. The second kappa shape index (κ2) is 5.25. The number of nitrogens with one attached hydrogen (secondary N) is 2. The number of ether oxygens (including phenoxy) is 1. The van der Waals surface area contributed by atoms with Crippen LogP contribution in [-0.2, 0) is 6.42 Å². The van der Waals surface area contributed by atoms with Gasteiger partial charge in [0, 0.05) is 17.8 Å². The molecule has 20 heavy (non-hydrogen) atoms. The molecule has 0 spiro atoms. The predicted octanol–water partition coefficient (Wildman–Crippen LogP) is 2.92. The molecular weight excluding hydrogens is 252 g/mol. The van der Waals surface area contributed by atoms with Crippen LogP contribution in [-0.4, -0.2) is 19.6 Å². The van der Waals surface area contributed by atoms with Gasteiger partial charge >= 0.3 is 0 Å². The number of methoxy groups -OCH3 is 1. The summed E-state index contributed by atoms with van der Waals surface area (Å²) in [6.07, 6.45) is 0.963. The molecule has 102 valence electrons. The number of anilines is 2. The molecule has 0 saturated carbocycles. The number of fused-ring (bicyclic) bond motifs is 1. The van der Waals surface area contributed by atoms with Gasteiger partial charge in [-0.3, -0.25) is 4.79 Å². The Morgan fingerprint density at radius 3 is 2.95 bits per heavy atom. The van der Waals surface area contributed by atoms with Crippen molar-refractivity contribution < 1.29 is 9.53 Å². The molecule has 2 aromatic rings. The van der Waals surface area contributed by atoms with Crippen molar-refractivity contribution in [2.75, 3.05) is 24.3 Å². The monoisotopic (exact) mass is 268 g/mol. The molecule has 0 saturated heterocycles. The van der Waals surface area contributed by atoms with E-state index in [9.17, 15) is 4.79 Å². The largest absolute Gasteiger partial charge is 0.495 e. The third-order valence-electron chi connectivity index (χ3n) is 3.43. The average molecular weight is 268 g/mol. The zero-order valence-corrected chi connectivity index (χ0v) is 11.3. The lowest BCUT2D eigenvalue weighted by atomic mass is 10.1. The first-order chi connectivity index (χ1) is 9.78. The van der Waals surface area contributed by atoms with E-state index in [1.54, 1.807) is 7.11 Å². The van der Waals surface area contributed by atoms with Crippen LogP contribution in [0.4, 0.5) is 11.4 Å². The van der Waals surface area contributed by atoms with Crippen LogP contribution in [0.25, 0.3) is 0 Å². The van der Waals surface area contributed by atoms with Crippen LogP contribution in [0, 0.1) is 0 Å². The SMILES string of the molecule is COc1ccccc1NC(=O)c1ccc2c(c1)CCN2. The Bertz CT molecular complexity index is 653. The summed E-state index contributed by atoms with van der Waals surface area (Å²) >= 11 is 0. The minimum absolute atomic E-state index is 0.121. The number of carbonyl (C=O) groups excluding carboxylic acids is 1. The van der Waals surface area contributed by atoms with Gasteiger partial charge in [0.1, 0.15) is 5.75 Å². The smallest absolute Gasteiger partial charge is 0.255 e. The van der Waals surface area contributed by atoms with Crippen molar-refractivity contribution in [1.29, 1.82) is 0 Å². The lowest BCUT2D eigenvalue weighted by molar-refractivity contribution is 0.102. The molecule has 0 radical (unpaired) electrons. The highest BCUT2D eigenvalue weighted by Gasteiger charge is 2.14. The van der Waals surface area contributed by atoms with Crippen LogP contribution in [0.2, 0.25) is 0 Å². The zero-order chi connectivity index (χ0) is 13.9. The Morgan fingerprint density at radius 1 is 1.25 bits per heavy atom. The van der Waals surface area contributed by atoms with Gasteiger partial charge in [0.25, 0.3) is 5.91 Å². The first-order valence-electron chi connectivity index (χ1n) is 6.59. The summed E-state index contributed by atoms with van der Waals surface area (Å²) in [6.45, 7) is 0.937. The van der Waals surface area contributed by atoms with Crippen molar-refractivity contribution in [2.24, 2.45) is 0 Å². The molecule has 2 N–H and O–H groups in total. The highest BCUT2D eigenvalue weighted by atomic mass is 16.5. The van der Waals surface area contributed by atoms with Gasteiger partial charge in [0.05, 0.1) is 12.8 Å².